The fourth-order valence-electron chi connectivity index (χ4n) is 4.06. The Labute approximate surface area is 200 Å². The van der Waals surface area contributed by atoms with Crippen molar-refractivity contribution >= 4 is 33.9 Å². The minimum absolute atomic E-state index is 0.0395. The van der Waals surface area contributed by atoms with Crippen LogP contribution in [0.3, 0.4) is 0 Å². The van der Waals surface area contributed by atoms with Gasteiger partial charge in [-0.3, -0.25) is 9.59 Å². The molecule has 7 nitrogen and oxygen atoms in total. The van der Waals surface area contributed by atoms with Crippen LogP contribution >= 0.6 is 11.3 Å². The number of amides is 1. The van der Waals surface area contributed by atoms with Gasteiger partial charge in [0.05, 0.1) is 25.2 Å². The third kappa shape index (κ3) is 4.36. The van der Waals surface area contributed by atoms with Crippen LogP contribution in [0.5, 0.6) is 17.2 Å². The quantitative estimate of drug-likeness (QED) is 0.400. The van der Waals surface area contributed by atoms with Crippen molar-refractivity contribution in [1.82, 2.24) is 9.88 Å². The summed E-state index contributed by atoms with van der Waals surface area (Å²) in [6.07, 6.45) is 2.57. The van der Waals surface area contributed by atoms with Crippen molar-refractivity contribution in [2.75, 3.05) is 20.3 Å². The van der Waals surface area contributed by atoms with Crippen molar-refractivity contribution in [3.63, 3.8) is 0 Å². The van der Waals surface area contributed by atoms with Gasteiger partial charge in [-0.2, -0.15) is 0 Å². The number of carbonyl (C=O) groups excluding carboxylic acids is 2. The summed E-state index contributed by atoms with van der Waals surface area (Å²) in [5.41, 5.74) is 2.23. The molecule has 3 heterocycles. The lowest BCUT2D eigenvalue weighted by molar-refractivity contribution is -0.121. The van der Waals surface area contributed by atoms with Gasteiger partial charge in [-0.05, 0) is 23.6 Å². The summed E-state index contributed by atoms with van der Waals surface area (Å²) in [5.74, 6) is 1.70. The third-order valence-electron chi connectivity index (χ3n) is 5.72. The molecule has 2 aromatic heterocycles. The predicted molar refractivity (Wildman–Crippen MR) is 130 cm³/mol. The summed E-state index contributed by atoms with van der Waals surface area (Å²) >= 11 is 1.41. The number of nitrogens with zero attached hydrogens (tertiary/aromatic N) is 1. The number of hydrogen-bond acceptors (Lipinski definition) is 6. The van der Waals surface area contributed by atoms with E-state index in [1.807, 2.05) is 52.4 Å². The SMILES string of the molecule is COc1cc2c(cc1CNC(=O)Cn1cc(C(=O)c3cccs3)c3ccccc31)OCCCO2. The molecule has 0 aliphatic carbocycles. The molecule has 1 aliphatic rings. The first kappa shape index (κ1) is 22.0. The van der Waals surface area contributed by atoms with Crippen LogP contribution in [0, 0.1) is 0 Å². The van der Waals surface area contributed by atoms with Crippen LogP contribution in [0.25, 0.3) is 10.9 Å². The Morgan fingerprint density at radius 1 is 1.09 bits per heavy atom. The number of fused-ring (bicyclic) bond motifs is 2. The molecule has 5 rings (SSSR count). The largest absolute Gasteiger partial charge is 0.496 e. The maximum Gasteiger partial charge on any atom is 0.240 e. The number of carbonyl (C=O) groups is 2. The second-order valence-electron chi connectivity index (χ2n) is 7.93. The number of thiophene rings is 1. The van der Waals surface area contributed by atoms with Gasteiger partial charge in [-0.25, -0.2) is 0 Å². The van der Waals surface area contributed by atoms with Gasteiger partial charge in [0.1, 0.15) is 12.3 Å². The van der Waals surface area contributed by atoms with E-state index in [1.165, 1.54) is 11.3 Å². The van der Waals surface area contributed by atoms with Gasteiger partial charge in [-0.15, -0.1) is 11.3 Å². The number of rotatable bonds is 7. The van der Waals surface area contributed by atoms with E-state index in [9.17, 15) is 9.59 Å². The van der Waals surface area contributed by atoms with Gasteiger partial charge in [0.15, 0.2) is 11.5 Å². The molecule has 0 fully saturated rings. The van der Waals surface area contributed by atoms with Crippen LogP contribution in [0.2, 0.25) is 0 Å². The summed E-state index contributed by atoms with van der Waals surface area (Å²) in [4.78, 5) is 26.5. The molecular weight excluding hydrogens is 452 g/mol. The normalized spacial score (nSPS) is 12.9. The first-order valence-electron chi connectivity index (χ1n) is 11.0. The van der Waals surface area contributed by atoms with Gasteiger partial charge >= 0.3 is 0 Å². The number of ketones is 1. The molecule has 4 aromatic rings. The molecule has 0 saturated carbocycles. The lowest BCUT2D eigenvalue weighted by Gasteiger charge is -2.14. The van der Waals surface area contributed by atoms with Crippen molar-refractivity contribution in [3.05, 3.63) is 76.1 Å². The third-order valence-corrected chi connectivity index (χ3v) is 6.59. The molecule has 2 aromatic carbocycles. The lowest BCUT2D eigenvalue weighted by atomic mass is 10.1. The minimum atomic E-state index is -0.176. The number of hydrogen-bond donors (Lipinski definition) is 1. The lowest BCUT2D eigenvalue weighted by Crippen LogP contribution is -2.27. The zero-order valence-electron chi connectivity index (χ0n) is 18.7. The van der Waals surface area contributed by atoms with Gasteiger partial charge in [0, 0.05) is 47.3 Å². The maximum absolute atomic E-state index is 13.0. The van der Waals surface area contributed by atoms with E-state index < -0.39 is 0 Å². The van der Waals surface area contributed by atoms with Gasteiger partial charge in [0.2, 0.25) is 11.7 Å². The summed E-state index contributed by atoms with van der Waals surface area (Å²) in [6.45, 7) is 1.54. The molecule has 174 valence electrons. The fourth-order valence-corrected chi connectivity index (χ4v) is 4.74. The summed E-state index contributed by atoms with van der Waals surface area (Å²) in [7, 11) is 1.59. The second kappa shape index (κ2) is 9.61. The molecule has 0 atom stereocenters. The summed E-state index contributed by atoms with van der Waals surface area (Å²) in [5, 5.41) is 5.67. The Bertz CT molecular complexity index is 1340. The van der Waals surface area contributed by atoms with E-state index in [0.717, 1.165) is 22.9 Å². The van der Waals surface area contributed by atoms with Crippen molar-refractivity contribution in [2.24, 2.45) is 0 Å². The van der Waals surface area contributed by atoms with E-state index in [0.29, 0.717) is 40.9 Å². The molecule has 0 radical (unpaired) electrons. The second-order valence-corrected chi connectivity index (χ2v) is 8.88. The number of para-hydroxylation sites is 1. The topological polar surface area (TPSA) is 78.8 Å². The number of aromatic nitrogens is 1. The Kier molecular flexibility index (Phi) is 6.22. The summed E-state index contributed by atoms with van der Waals surface area (Å²) < 4.78 is 18.8. The number of ether oxygens (including phenoxy) is 3. The molecule has 0 spiro atoms. The Morgan fingerprint density at radius 3 is 2.65 bits per heavy atom. The number of methoxy groups -OCH3 is 1. The van der Waals surface area contributed by atoms with Crippen LogP contribution in [0.15, 0.2) is 60.1 Å². The molecule has 1 N–H and O–H groups in total. The van der Waals surface area contributed by atoms with E-state index >= 15 is 0 Å². The van der Waals surface area contributed by atoms with Crippen molar-refractivity contribution < 1.29 is 23.8 Å². The van der Waals surface area contributed by atoms with Crippen LogP contribution < -0.4 is 19.5 Å². The van der Waals surface area contributed by atoms with E-state index in [2.05, 4.69) is 5.32 Å². The Balaban J connectivity index is 1.34. The number of nitrogens with one attached hydrogen (secondary N) is 1. The Morgan fingerprint density at radius 2 is 1.88 bits per heavy atom. The highest BCUT2D eigenvalue weighted by Gasteiger charge is 2.19. The molecule has 8 heteroatoms. The zero-order chi connectivity index (χ0) is 23.5. The molecule has 0 unspecified atom stereocenters. The van der Waals surface area contributed by atoms with Crippen molar-refractivity contribution in [3.8, 4) is 17.2 Å². The standard InChI is InChI=1S/C26H24N2O5S/c1-31-21-13-23-22(32-9-5-10-33-23)12-17(21)14-27-25(29)16-28-15-19(18-6-2-3-7-20(18)28)26(30)24-8-4-11-34-24/h2-4,6-8,11-13,15H,5,9-10,14,16H2,1H3,(H,27,29). The predicted octanol–water partition coefficient (Wildman–Crippen LogP) is 4.42. The monoisotopic (exact) mass is 476 g/mol. The summed E-state index contributed by atoms with van der Waals surface area (Å²) in [6, 6.07) is 14.9. The van der Waals surface area contributed by atoms with Gasteiger partial charge in [-0.1, -0.05) is 24.3 Å². The van der Waals surface area contributed by atoms with Crippen molar-refractivity contribution in [2.45, 2.75) is 19.5 Å². The van der Waals surface area contributed by atoms with Crippen LogP contribution in [0.4, 0.5) is 0 Å². The molecule has 1 aliphatic heterocycles. The average molecular weight is 477 g/mol. The fraction of sp³-hybridized carbons (Fsp3) is 0.231. The molecule has 0 bridgehead atoms. The van der Waals surface area contributed by atoms with E-state index in [4.69, 9.17) is 14.2 Å². The highest BCUT2D eigenvalue weighted by molar-refractivity contribution is 7.12. The Hall–Kier alpha value is -3.78. The van der Waals surface area contributed by atoms with Crippen LogP contribution in [-0.2, 0) is 17.9 Å². The highest BCUT2D eigenvalue weighted by atomic mass is 32.1. The molecule has 1 amide bonds. The smallest absolute Gasteiger partial charge is 0.240 e. The first-order valence-corrected chi connectivity index (χ1v) is 11.9. The van der Waals surface area contributed by atoms with Crippen LogP contribution in [-0.4, -0.2) is 36.6 Å². The number of benzene rings is 2. The van der Waals surface area contributed by atoms with Crippen LogP contribution in [0.1, 0.15) is 27.2 Å². The van der Waals surface area contributed by atoms with E-state index in [1.54, 1.807) is 19.4 Å². The van der Waals surface area contributed by atoms with Gasteiger partial charge < -0.3 is 24.1 Å². The van der Waals surface area contributed by atoms with Gasteiger partial charge in [0.25, 0.3) is 0 Å². The minimum Gasteiger partial charge on any atom is -0.496 e. The highest BCUT2D eigenvalue weighted by Crippen LogP contribution is 2.36. The molecule has 34 heavy (non-hydrogen) atoms. The molecule has 0 saturated heterocycles. The zero-order valence-corrected chi connectivity index (χ0v) is 19.5. The first-order chi connectivity index (χ1) is 16.6. The average Bonchev–Trinajstić information content (AvgIpc) is 3.45. The van der Waals surface area contributed by atoms with Crippen molar-refractivity contribution in [1.29, 1.82) is 0 Å². The molecular formula is C26H24N2O5S. The van der Waals surface area contributed by atoms with E-state index in [-0.39, 0.29) is 24.8 Å². The maximum atomic E-state index is 13.0.